The molecule has 1 saturated heterocycles. The summed E-state index contributed by atoms with van der Waals surface area (Å²) in [5.74, 6) is -0.617. The summed E-state index contributed by atoms with van der Waals surface area (Å²) in [4.78, 5) is 26.9. The second-order valence-corrected chi connectivity index (χ2v) is 7.55. The van der Waals surface area contributed by atoms with Crippen LogP contribution in [0.4, 0.5) is 5.69 Å². The minimum Gasteiger partial charge on any atom is -0.354 e. The highest BCUT2D eigenvalue weighted by Gasteiger charge is 2.40. The minimum absolute atomic E-state index is 0.0477. The molecule has 1 unspecified atom stereocenters. The van der Waals surface area contributed by atoms with Crippen LogP contribution in [0.3, 0.4) is 0 Å². The molecule has 1 aliphatic heterocycles. The molecule has 2 amide bonds. The summed E-state index contributed by atoms with van der Waals surface area (Å²) in [6.07, 6.45) is 1.50. The molecule has 0 radical (unpaired) electrons. The fourth-order valence-corrected chi connectivity index (χ4v) is 4.36. The van der Waals surface area contributed by atoms with E-state index >= 15 is 0 Å². The van der Waals surface area contributed by atoms with Gasteiger partial charge in [0.2, 0.25) is 5.91 Å². The number of benzene rings is 2. The van der Waals surface area contributed by atoms with Crippen molar-refractivity contribution in [1.29, 1.82) is 5.26 Å². The number of rotatable bonds is 5. The van der Waals surface area contributed by atoms with E-state index in [1.165, 1.54) is 29.3 Å². The highest BCUT2D eigenvalue weighted by atomic mass is 32.2. The second kappa shape index (κ2) is 8.77. The van der Waals surface area contributed by atoms with Crippen molar-refractivity contribution in [2.45, 2.75) is 25.0 Å². The average molecular weight is 391 g/mol. The van der Waals surface area contributed by atoms with Gasteiger partial charge in [-0.1, -0.05) is 61.2 Å². The largest absolute Gasteiger partial charge is 0.354 e. The number of thioether (sulfide) groups is 1. The van der Waals surface area contributed by atoms with E-state index in [4.69, 9.17) is 0 Å². The molecule has 6 heteroatoms. The summed E-state index contributed by atoms with van der Waals surface area (Å²) in [6, 6.07) is 19.3. The Kier molecular flexibility index (Phi) is 6.17. The number of likely N-dealkylation sites (N-methyl/N-ethyl adjacent to an activating group) is 1. The highest BCUT2D eigenvalue weighted by Crippen LogP contribution is 2.41. The third-order valence-electron chi connectivity index (χ3n) is 4.60. The van der Waals surface area contributed by atoms with Crippen molar-refractivity contribution >= 4 is 29.3 Å². The van der Waals surface area contributed by atoms with Crippen LogP contribution >= 0.6 is 11.8 Å². The van der Waals surface area contributed by atoms with Crippen LogP contribution in [-0.4, -0.2) is 24.1 Å². The first-order valence-corrected chi connectivity index (χ1v) is 9.97. The fourth-order valence-electron chi connectivity index (χ4n) is 3.05. The molecule has 1 aliphatic rings. The van der Waals surface area contributed by atoms with Gasteiger partial charge in [-0.2, -0.15) is 5.26 Å². The lowest BCUT2D eigenvalue weighted by Gasteiger charge is -2.18. The van der Waals surface area contributed by atoms with Crippen LogP contribution in [0.1, 0.15) is 18.1 Å². The lowest BCUT2D eigenvalue weighted by molar-refractivity contribution is -0.117. The van der Waals surface area contributed by atoms with Crippen molar-refractivity contribution in [2.24, 2.45) is 0 Å². The number of amides is 2. The van der Waals surface area contributed by atoms with E-state index in [2.05, 4.69) is 24.4 Å². The van der Waals surface area contributed by atoms with Gasteiger partial charge in [-0.05, 0) is 36.1 Å². The monoisotopic (exact) mass is 391 g/mol. The van der Waals surface area contributed by atoms with Gasteiger partial charge in [-0.15, -0.1) is 0 Å². The highest BCUT2D eigenvalue weighted by molar-refractivity contribution is 8.05. The Labute approximate surface area is 169 Å². The Bertz CT molecular complexity index is 946. The van der Waals surface area contributed by atoms with Gasteiger partial charge in [0.05, 0.1) is 5.25 Å². The van der Waals surface area contributed by atoms with E-state index in [1.807, 2.05) is 36.4 Å². The van der Waals surface area contributed by atoms with Crippen LogP contribution in [0.5, 0.6) is 0 Å². The van der Waals surface area contributed by atoms with Crippen LogP contribution in [-0.2, 0) is 22.4 Å². The van der Waals surface area contributed by atoms with E-state index in [-0.39, 0.29) is 11.5 Å². The van der Waals surface area contributed by atoms with Crippen molar-refractivity contribution in [3.05, 3.63) is 76.3 Å². The first-order valence-electron chi connectivity index (χ1n) is 9.09. The van der Waals surface area contributed by atoms with Gasteiger partial charge >= 0.3 is 0 Å². The number of anilines is 1. The molecule has 1 N–H and O–H groups in total. The molecule has 2 aromatic carbocycles. The number of hydrogen-bond acceptors (Lipinski definition) is 4. The van der Waals surface area contributed by atoms with Gasteiger partial charge < -0.3 is 5.32 Å². The van der Waals surface area contributed by atoms with Crippen molar-refractivity contribution in [1.82, 2.24) is 5.32 Å². The summed E-state index contributed by atoms with van der Waals surface area (Å²) in [7, 11) is 1.47. The number of nitrogens with one attached hydrogen (secondary N) is 1. The molecule has 2 aromatic rings. The molecule has 142 valence electrons. The van der Waals surface area contributed by atoms with E-state index in [0.29, 0.717) is 17.1 Å². The Hall–Kier alpha value is -3.04. The molecule has 0 aromatic heterocycles. The smallest absolute Gasteiger partial charge is 0.264 e. The fraction of sp³-hybridized carbons (Fsp3) is 0.227. The molecule has 1 heterocycles. The first kappa shape index (κ1) is 19.7. The number of nitrogens with zero attached hydrogens (tertiary/aromatic N) is 2. The first-order chi connectivity index (χ1) is 13.6. The number of aryl methyl sites for hydroxylation is 1. The quantitative estimate of drug-likeness (QED) is 0.626. The predicted octanol–water partition coefficient (Wildman–Crippen LogP) is 3.42. The summed E-state index contributed by atoms with van der Waals surface area (Å²) >= 11 is 1.28. The maximum absolute atomic E-state index is 13.2. The Morgan fingerprint density at radius 3 is 2.36 bits per heavy atom. The number of nitriles is 1. The van der Waals surface area contributed by atoms with Crippen LogP contribution in [0.15, 0.2) is 65.2 Å². The van der Waals surface area contributed by atoms with Crippen molar-refractivity contribution in [2.75, 3.05) is 11.9 Å². The van der Waals surface area contributed by atoms with E-state index in [0.717, 1.165) is 12.0 Å². The Morgan fingerprint density at radius 2 is 1.79 bits per heavy atom. The van der Waals surface area contributed by atoms with E-state index in [1.54, 1.807) is 12.1 Å². The third-order valence-corrected chi connectivity index (χ3v) is 5.86. The standard InChI is InChI=1S/C22H21N3O2S/c1-3-15-9-11-16(12-10-15)13-19-21(27)25(17-7-5-4-6-8-17)22(28-19)18(14-23)20(26)24-2/h4-12,19H,3,13H2,1-2H3,(H,24,26)/b22-18+. The minimum atomic E-state index is -0.494. The number of carbonyl (C=O) groups is 2. The van der Waals surface area contributed by atoms with E-state index in [9.17, 15) is 14.9 Å². The Balaban J connectivity index is 1.98. The lowest BCUT2D eigenvalue weighted by atomic mass is 10.1. The van der Waals surface area contributed by atoms with Gasteiger partial charge in [-0.25, -0.2) is 0 Å². The molecule has 3 rings (SSSR count). The second-order valence-electron chi connectivity index (χ2n) is 6.36. The lowest BCUT2D eigenvalue weighted by Crippen LogP contribution is -2.31. The maximum Gasteiger partial charge on any atom is 0.264 e. The predicted molar refractivity (Wildman–Crippen MR) is 112 cm³/mol. The van der Waals surface area contributed by atoms with Crippen LogP contribution in [0.2, 0.25) is 0 Å². The molecule has 0 spiro atoms. The molecule has 0 aliphatic carbocycles. The molecule has 1 fully saturated rings. The van der Waals surface area contributed by atoms with Crippen molar-refractivity contribution < 1.29 is 9.59 Å². The van der Waals surface area contributed by atoms with E-state index < -0.39 is 11.2 Å². The van der Waals surface area contributed by atoms with Crippen LogP contribution < -0.4 is 10.2 Å². The molecular weight excluding hydrogens is 370 g/mol. The van der Waals surface area contributed by atoms with Crippen LogP contribution in [0.25, 0.3) is 0 Å². The van der Waals surface area contributed by atoms with Gasteiger partial charge in [0.15, 0.2) is 0 Å². The summed E-state index contributed by atoms with van der Waals surface area (Å²) in [6.45, 7) is 2.10. The maximum atomic E-state index is 13.2. The van der Waals surface area contributed by atoms with Crippen molar-refractivity contribution in [3.8, 4) is 6.07 Å². The number of hydrogen-bond donors (Lipinski definition) is 1. The Morgan fingerprint density at radius 1 is 1.14 bits per heavy atom. The summed E-state index contributed by atoms with van der Waals surface area (Å²) in [5, 5.41) is 12.0. The van der Waals surface area contributed by atoms with Crippen molar-refractivity contribution in [3.63, 3.8) is 0 Å². The van der Waals surface area contributed by atoms with Gasteiger partial charge in [0.1, 0.15) is 16.7 Å². The molecule has 1 atom stereocenters. The summed E-state index contributed by atoms with van der Waals surface area (Å²) < 4.78 is 0. The molecule has 5 nitrogen and oxygen atoms in total. The molecule has 28 heavy (non-hydrogen) atoms. The average Bonchev–Trinajstić information content (AvgIpc) is 3.05. The third kappa shape index (κ3) is 3.95. The van der Waals surface area contributed by atoms with Gasteiger partial charge in [0, 0.05) is 12.7 Å². The number of para-hydroxylation sites is 1. The number of carbonyl (C=O) groups excluding carboxylic acids is 2. The van der Waals surface area contributed by atoms with Gasteiger partial charge in [0.25, 0.3) is 5.91 Å². The topological polar surface area (TPSA) is 73.2 Å². The molecule has 0 bridgehead atoms. The SMILES string of the molecule is CCc1ccc(CC2S/C(=C(\C#N)C(=O)NC)N(c3ccccc3)C2=O)cc1. The zero-order valence-corrected chi connectivity index (χ0v) is 16.6. The van der Waals surface area contributed by atoms with Gasteiger partial charge in [-0.3, -0.25) is 14.5 Å². The molecular formula is C22H21N3O2S. The molecule has 0 saturated carbocycles. The zero-order valence-electron chi connectivity index (χ0n) is 15.8. The van der Waals surface area contributed by atoms with Crippen LogP contribution in [0, 0.1) is 11.3 Å². The summed E-state index contributed by atoms with van der Waals surface area (Å²) in [5.41, 5.74) is 2.90. The normalized spacial score (nSPS) is 18.0. The zero-order chi connectivity index (χ0) is 20.1.